The van der Waals surface area contributed by atoms with Crippen molar-refractivity contribution >= 4 is 22.8 Å². The SMILES string of the molecule is C#CCOc1ccc2ccccc2c1/C=C(\C#N)C(=O)N[C@@H](C)c1ccccc1. The number of terminal acetylenes is 1. The Hall–Kier alpha value is -4.02. The van der Waals surface area contributed by atoms with Crippen LogP contribution < -0.4 is 10.1 Å². The average Bonchev–Trinajstić information content (AvgIpc) is 2.76. The summed E-state index contributed by atoms with van der Waals surface area (Å²) in [6, 6.07) is 22.8. The fourth-order valence-corrected chi connectivity index (χ4v) is 3.06. The second-order valence-corrected chi connectivity index (χ2v) is 6.47. The summed E-state index contributed by atoms with van der Waals surface area (Å²) in [7, 11) is 0. The molecule has 1 N–H and O–H groups in total. The summed E-state index contributed by atoms with van der Waals surface area (Å²) in [6.07, 6.45) is 6.87. The zero-order chi connectivity index (χ0) is 20.6. The van der Waals surface area contributed by atoms with E-state index in [0.717, 1.165) is 16.3 Å². The van der Waals surface area contributed by atoms with Gasteiger partial charge in [-0.2, -0.15) is 5.26 Å². The molecule has 0 aliphatic carbocycles. The third kappa shape index (κ3) is 4.64. The van der Waals surface area contributed by atoms with Crippen LogP contribution in [-0.4, -0.2) is 12.5 Å². The summed E-state index contributed by atoms with van der Waals surface area (Å²) in [4.78, 5) is 12.7. The number of carbonyl (C=O) groups is 1. The van der Waals surface area contributed by atoms with Crippen LogP contribution >= 0.6 is 0 Å². The van der Waals surface area contributed by atoms with Gasteiger partial charge in [0.05, 0.1) is 6.04 Å². The minimum Gasteiger partial charge on any atom is -0.480 e. The molecule has 4 heteroatoms. The average molecular weight is 380 g/mol. The van der Waals surface area contributed by atoms with Crippen LogP contribution in [-0.2, 0) is 4.79 Å². The maximum Gasteiger partial charge on any atom is 0.262 e. The zero-order valence-corrected chi connectivity index (χ0v) is 16.1. The van der Waals surface area contributed by atoms with Crippen LogP contribution in [0.25, 0.3) is 16.8 Å². The minimum atomic E-state index is -0.445. The van der Waals surface area contributed by atoms with E-state index in [4.69, 9.17) is 11.2 Å². The summed E-state index contributed by atoms with van der Waals surface area (Å²) in [5.41, 5.74) is 1.61. The smallest absolute Gasteiger partial charge is 0.262 e. The lowest BCUT2D eigenvalue weighted by molar-refractivity contribution is -0.117. The van der Waals surface area contributed by atoms with Crippen LogP contribution in [0, 0.1) is 23.7 Å². The number of fused-ring (bicyclic) bond motifs is 1. The molecule has 0 fully saturated rings. The third-order valence-corrected chi connectivity index (χ3v) is 4.54. The van der Waals surface area contributed by atoms with Crippen molar-refractivity contribution in [3.8, 4) is 24.2 Å². The maximum absolute atomic E-state index is 12.7. The second-order valence-electron chi connectivity index (χ2n) is 6.47. The molecule has 1 atom stereocenters. The van der Waals surface area contributed by atoms with Gasteiger partial charge in [-0.25, -0.2) is 0 Å². The molecule has 0 unspecified atom stereocenters. The van der Waals surface area contributed by atoms with Crippen LogP contribution in [0.4, 0.5) is 0 Å². The van der Waals surface area contributed by atoms with Gasteiger partial charge >= 0.3 is 0 Å². The summed E-state index contributed by atoms with van der Waals surface area (Å²) >= 11 is 0. The number of benzene rings is 3. The van der Waals surface area contributed by atoms with Gasteiger partial charge in [-0.15, -0.1) is 6.42 Å². The molecule has 0 spiro atoms. The number of hydrogen-bond acceptors (Lipinski definition) is 3. The molecule has 0 aromatic heterocycles. The molecule has 3 aromatic carbocycles. The summed E-state index contributed by atoms with van der Waals surface area (Å²) in [6.45, 7) is 1.97. The predicted molar refractivity (Wildman–Crippen MR) is 115 cm³/mol. The molecular weight excluding hydrogens is 360 g/mol. The molecule has 3 rings (SSSR count). The van der Waals surface area contributed by atoms with Crippen molar-refractivity contribution < 1.29 is 9.53 Å². The van der Waals surface area contributed by atoms with E-state index in [-0.39, 0.29) is 18.2 Å². The monoisotopic (exact) mass is 380 g/mol. The van der Waals surface area contributed by atoms with Gasteiger partial charge in [-0.3, -0.25) is 4.79 Å². The van der Waals surface area contributed by atoms with Gasteiger partial charge in [-0.1, -0.05) is 66.6 Å². The van der Waals surface area contributed by atoms with Crippen molar-refractivity contribution in [2.45, 2.75) is 13.0 Å². The van der Waals surface area contributed by atoms with E-state index in [1.165, 1.54) is 0 Å². The van der Waals surface area contributed by atoms with E-state index in [1.807, 2.05) is 73.7 Å². The van der Waals surface area contributed by atoms with Crippen LogP contribution in [0.2, 0.25) is 0 Å². The molecule has 29 heavy (non-hydrogen) atoms. The fraction of sp³-hybridized carbons (Fsp3) is 0.120. The number of amides is 1. The highest BCUT2D eigenvalue weighted by Crippen LogP contribution is 2.30. The second kappa shape index (κ2) is 9.26. The highest BCUT2D eigenvalue weighted by molar-refractivity contribution is 6.05. The molecule has 0 bridgehead atoms. The highest BCUT2D eigenvalue weighted by atomic mass is 16.5. The fourth-order valence-electron chi connectivity index (χ4n) is 3.06. The molecule has 4 nitrogen and oxygen atoms in total. The molecule has 3 aromatic rings. The van der Waals surface area contributed by atoms with E-state index in [2.05, 4.69) is 11.2 Å². The Morgan fingerprint density at radius 1 is 1.14 bits per heavy atom. The predicted octanol–water partition coefficient (Wildman–Crippen LogP) is 4.64. The Morgan fingerprint density at radius 3 is 2.59 bits per heavy atom. The number of nitrogens with zero attached hydrogens (tertiary/aromatic N) is 1. The quantitative estimate of drug-likeness (QED) is 0.385. The van der Waals surface area contributed by atoms with Gasteiger partial charge in [0.15, 0.2) is 0 Å². The first-order valence-corrected chi connectivity index (χ1v) is 9.19. The van der Waals surface area contributed by atoms with Crippen molar-refractivity contribution in [3.63, 3.8) is 0 Å². The Morgan fingerprint density at radius 2 is 1.86 bits per heavy atom. The van der Waals surface area contributed by atoms with E-state index >= 15 is 0 Å². The van der Waals surface area contributed by atoms with Crippen molar-refractivity contribution in [1.29, 1.82) is 5.26 Å². The number of rotatable bonds is 6. The van der Waals surface area contributed by atoms with Crippen molar-refractivity contribution in [3.05, 3.63) is 83.4 Å². The first kappa shape index (κ1) is 19.7. The molecule has 0 saturated heterocycles. The number of hydrogen-bond donors (Lipinski definition) is 1. The van der Waals surface area contributed by atoms with Crippen LogP contribution in [0.1, 0.15) is 24.1 Å². The third-order valence-electron chi connectivity index (χ3n) is 4.54. The highest BCUT2D eigenvalue weighted by Gasteiger charge is 2.16. The van der Waals surface area contributed by atoms with Gasteiger partial charge in [0.25, 0.3) is 5.91 Å². The Kier molecular flexibility index (Phi) is 6.30. The largest absolute Gasteiger partial charge is 0.480 e. The zero-order valence-electron chi connectivity index (χ0n) is 16.1. The van der Waals surface area contributed by atoms with E-state index in [0.29, 0.717) is 11.3 Å². The number of nitrogens with one attached hydrogen (secondary N) is 1. The van der Waals surface area contributed by atoms with Gasteiger partial charge in [-0.05, 0) is 35.4 Å². The Bertz CT molecular complexity index is 1130. The number of carbonyl (C=O) groups excluding carboxylic acids is 1. The lowest BCUT2D eigenvalue weighted by atomic mass is 10.0. The van der Waals surface area contributed by atoms with E-state index in [9.17, 15) is 10.1 Å². The topological polar surface area (TPSA) is 62.1 Å². The molecule has 0 heterocycles. The van der Waals surface area contributed by atoms with Crippen LogP contribution in [0.15, 0.2) is 72.3 Å². The van der Waals surface area contributed by atoms with Crippen molar-refractivity contribution in [2.24, 2.45) is 0 Å². The number of ether oxygens (including phenoxy) is 1. The van der Waals surface area contributed by atoms with Gasteiger partial charge in [0.1, 0.15) is 24.0 Å². The number of nitriles is 1. The van der Waals surface area contributed by atoms with Crippen molar-refractivity contribution in [2.75, 3.05) is 6.61 Å². The lowest BCUT2D eigenvalue weighted by Crippen LogP contribution is -2.27. The first-order chi connectivity index (χ1) is 14.1. The van der Waals surface area contributed by atoms with Gasteiger partial charge < -0.3 is 10.1 Å². The summed E-state index contributed by atoms with van der Waals surface area (Å²) in [5.74, 6) is 2.52. The molecule has 1 amide bonds. The molecule has 0 aliphatic rings. The minimum absolute atomic E-state index is 0.00491. The normalized spacial score (nSPS) is 11.9. The lowest BCUT2D eigenvalue weighted by Gasteiger charge is -2.14. The summed E-state index contributed by atoms with van der Waals surface area (Å²) < 4.78 is 5.65. The van der Waals surface area contributed by atoms with Crippen molar-refractivity contribution in [1.82, 2.24) is 5.32 Å². The van der Waals surface area contributed by atoms with Crippen LogP contribution in [0.5, 0.6) is 5.75 Å². The molecular formula is C25H20N2O2. The van der Waals surface area contributed by atoms with E-state index < -0.39 is 5.91 Å². The molecule has 0 saturated carbocycles. The van der Waals surface area contributed by atoms with Crippen LogP contribution in [0.3, 0.4) is 0 Å². The van der Waals surface area contributed by atoms with Gasteiger partial charge in [0.2, 0.25) is 0 Å². The maximum atomic E-state index is 12.7. The summed E-state index contributed by atoms with van der Waals surface area (Å²) in [5, 5.41) is 14.4. The van der Waals surface area contributed by atoms with E-state index in [1.54, 1.807) is 12.1 Å². The standard InChI is InChI=1S/C25H20N2O2/c1-3-15-29-24-14-13-20-11-7-8-12-22(20)23(24)16-21(17-26)25(28)27-18(2)19-9-5-4-6-10-19/h1,4-14,16,18H,15H2,2H3,(H,27,28)/b21-16+/t18-/m0/s1. The first-order valence-electron chi connectivity index (χ1n) is 9.19. The molecule has 0 radical (unpaired) electrons. The Labute approximate surface area is 170 Å². The Balaban J connectivity index is 1.98. The van der Waals surface area contributed by atoms with Gasteiger partial charge in [0, 0.05) is 5.56 Å². The molecule has 0 aliphatic heterocycles. The molecule has 142 valence electrons.